The Morgan fingerprint density at radius 3 is 2.60 bits per heavy atom. The summed E-state index contributed by atoms with van der Waals surface area (Å²) in [7, 11) is 0. The molecule has 0 unspecified atom stereocenters. The van der Waals surface area contributed by atoms with Crippen molar-refractivity contribution in [3.05, 3.63) is 54.6 Å². The maximum atomic E-state index is 14.6. The van der Waals surface area contributed by atoms with Gasteiger partial charge in [-0.05, 0) is 64.0 Å². The Labute approximate surface area is 254 Å². The molecule has 1 spiro atoms. The monoisotopic (exact) mass is 595 g/mol. The van der Waals surface area contributed by atoms with Crippen molar-refractivity contribution in [3.63, 3.8) is 0 Å². The highest BCUT2D eigenvalue weighted by atomic mass is 16.6. The van der Waals surface area contributed by atoms with Crippen molar-refractivity contribution in [1.82, 2.24) is 10.2 Å². The molecule has 2 N–H and O–H groups in total. The van der Waals surface area contributed by atoms with Crippen LogP contribution in [0, 0.1) is 25.7 Å². The topological polar surface area (TPSA) is 125 Å². The van der Waals surface area contributed by atoms with E-state index in [2.05, 4.69) is 18.5 Å². The second kappa shape index (κ2) is 13.9. The van der Waals surface area contributed by atoms with Crippen LogP contribution in [-0.2, 0) is 28.7 Å². The zero-order valence-electron chi connectivity index (χ0n) is 25.5. The first-order valence-electron chi connectivity index (χ1n) is 15.3. The number of rotatable bonds is 15. The van der Waals surface area contributed by atoms with Crippen molar-refractivity contribution in [1.29, 1.82) is 0 Å². The molecule has 0 aromatic heterocycles. The summed E-state index contributed by atoms with van der Waals surface area (Å²) in [4.78, 5) is 57.6. The molecule has 3 amide bonds. The maximum absolute atomic E-state index is 14.6. The number of aliphatic hydroxyl groups excluding tert-OH is 1. The van der Waals surface area contributed by atoms with Gasteiger partial charge < -0.3 is 29.7 Å². The Morgan fingerprint density at radius 2 is 1.95 bits per heavy atom. The van der Waals surface area contributed by atoms with E-state index < -0.39 is 41.7 Å². The van der Waals surface area contributed by atoms with E-state index in [0.717, 1.165) is 16.8 Å². The fraction of sp³-hybridized carbons (Fsp3) is 0.576. The molecule has 3 heterocycles. The molecule has 0 aliphatic carbocycles. The molecule has 1 aromatic carbocycles. The molecule has 3 saturated heterocycles. The third-order valence-corrected chi connectivity index (χ3v) is 8.88. The molecule has 1 aromatic rings. The third kappa shape index (κ3) is 6.26. The van der Waals surface area contributed by atoms with Gasteiger partial charge in [0.1, 0.15) is 17.7 Å². The predicted octanol–water partition coefficient (Wildman–Crippen LogP) is 2.98. The summed E-state index contributed by atoms with van der Waals surface area (Å²) in [6.45, 7) is 13.7. The number of fused-ring (bicyclic) bond motifs is 1. The Hall–Kier alpha value is -3.50. The number of amides is 3. The van der Waals surface area contributed by atoms with E-state index in [9.17, 15) is 24.3 Å². The van der Waals surface area contributed by atoms with Crippen molar-refractivity contribution < 1.29 is 33.8 Å². The van der Waals surface area contributed by atoms with E-state index in [1.807, 2.05) is 32.0 Å². The van der Waals surface area contributed by atoms with Crippen LogP contribution in [0.25, 0.3) is 0 Å². The molecule has 10 nitrogen and oxygen atoms in total. The number of carbonyl (C=O) groups is 4. The van der Waals surface area contributed by atoms with Gasteiger partial charge >= 0.3 is 5.97 Å². The minimum absolute atomic E-state index is 0.0320. The van der Waals surface area contributed by atoms with Crippen molar-refractivity contribution in [2.24, 2.45) is 11.8 Å². The Bertz CT molecular complexity index is 1230. The van der Waals surface area contributed by atoms with Crippen molar-refractivity contribution in [2.75, 3.05) is 31.1 Å². The molecule has 234 valence electrons. The highest BCUT2D eigenvalue weighted by molar-refractivity contribution is 6.05. The minimum Gasteiger partial charge on any atom is -0.460 e. The summed E-state index contributed by atoms with van der Waals surface area (Å²) in [5.74, 6) is -3.01. The van der Waals surface area contributed by atoms with Gasteiger partial charge in [-0.15, -0.1) is 13.2 Å². The number of likely N-dealkylation sites (tertiary alicyclic amines) is 1. The lowest BCUT2D eigenvalue weighted by atomic mass is 9.70. The van der Waals surface area contributed by atoms with Crippen molar-refractivity contribution >= 4 is 29.4 Å². The Kier molecular flexibility index (Phi) is 10.4. The number of hydrogen-bond donors (Lipinski definition) is 2. The second-order valence-corrected chi connectivity index (χ2v) is 11.9. The first-order chi connectivity index (χ1) is 20.6. The van der Waals surface area contributed by atoms with Gasteiger partial charge in [-0.1, -0.05) is 30.4 Å². The highest BCUT2D eigenvalue weighted by Crippen LogP contribution is 2.59. The maximum Gasteiger partial charge on any atom is 0.312 e. The van der Waals surface area contributed by atoms with E-state index >= 15 is 0 Å². The lowest BCUT2D eigenvalue weighted by Crippen LogP contribution is -2.56. The number of allylic oxidation sites excluding steroid dienone is 1. The van der Waals surface area contributed by atoms with Crippen LogP contribution in [-0.4, -0.2) is 83.8 Å². The predicted molar refractivity (Wildman–Crippen MR) is 162 cm³/mol. The van der Waals surface area contributed by atoms with Crippen LogP contribution in [0.2, 0.25) is 0 Å². The van der Waals surface area contributed by atoms with Gasteiger partial charge in [0.15, 0.2) is 0 Å². The molecule has 43 heavy (non-hydrogen) atoms. The molecule has 0 saturated carbocycles. The smallest absolute Gasteiger partial charge is 0.312 e. The number of aliphatic hydroxyl groups is 1. The second-order valence-electron chi connectivity index (χ2n) is 11.9. The van der Waals surface area contributed by atoms with E-state index in [0.29, 0.717) is 38.5 Å². The number of ether oxygens (including phenoxy) is 2. The van der Waals surface area contributed by atoms with Gasteiger partial charge in [0, 0.05) is 31.8 Å². The molecule has 2 bridgehead atoms. The van der Waals surface area contributed by atoms with Gasteiger partial charge in [0.2, 0.25) is 11.8 Å². The van der Waals surface area contributed by atoms with Crippen LogP contribution in [0.15, 0.2) is 43.5 Å². The lowest BCUT2D eigenvalue weighted by molar-refractivity contribution is -0.159. The summed E-state index contributed by atoms with van der Waals surface area (Å²) in [5.41, 5.74) is 1.44. The quantitative estimate of drug-likeness (QED) is 0.181. The molecule has 3 aliphatic heterocycles. The zero-order valence-corrected chi connectivity index (χ0v) is 25.5. The number of nitrogens with one attached hydrogen (secondary N) is 1. The zero-order chi connectivity index (χ0) is 31.3. The molecule has 3 aliphatic rings. The van der Waals surface area contributed by atoms with E-state index in [1.54, 1.807) is 28.9 Å². The molecule has 6 atom stereocenters. The molecular weight excluding hydrogens is 550 g/mol. The number of benzene rings is 1. The van der Waals surface area contributed by atoms with Crippen molar-refractivity contribution in [3.8, 4) is 0 Å². The van der Waals surface area contributed by atoms with Gasteiger partial charge in [-0.3, -0.25) is 19.2 Å². The largest absolute Gasteiger partial charge is 0.460 e. The summed E-state index contributed by atoms with van der Waals surface area (Å²) in [6, 6.07) is 4.88. The summed E-state index contributed by atoms with van der Waals surface area (Å²) in [5, 5.41) is 12.2. The summed E-state index contributed by atoms with van der Waals surface area (Å²) < 4.78 is 12.3. The van der Waals surface area contributed by atoms with Gasteiger partial charge in [0.25, 0.3) is 5.91 Å². The van der Waals surface area contributed by atoms with Crippen LogP contribution in [0.4, 0.5) is 5.69 Å². The number of aryl methyl sites for hydroxylation is 2. The Balaban J connectivity index is 1.62. The van der Waals surface area contributed by atoms with Crippen LogP contribution in [0.3, 0.4) is 0 Å². The lowest BCUT2D eigenvalue weighted by Gasteiger charge is -2.37. The summed E-state index contributed by atoms with van der Waals surface area (Å²) in [6.07, 6.45) is 4.98. The average molecular weight is 596 g/mol. The van der Waals surface area contributed by atoms with Crippen LogP contribution in [0.1, 0.15) is 56.6 Å². The Morgan fingerprint density at radius 1 is 1.23 bits per heavy atom. The van der Waals surface area contributed by atoms with Gasteiger partial charge in [0.05, 0.1) is 24.5 Å². The normalized spacial score (nSPS) is 26.1. The molecular formula is C33H45N3O7. The fourth-order valence-electron chi connectivity index (χ4n) is 7.03. The van der Waals surface area contributed by atoms with Gasteiger partial charge in [-0.25, -0.2) is 0 Å². The van der Waals surface area contributed by atoms with Crippen LogP contribution >= 0.6 is 0 Å². The fourth-order valence-corrected chi connectivity index (χ4v) is 7.03. The minimum atomic E-state index is -1.17. The number of carbonyl (C=O) groups excluding carboxylic acids is 4. The molecule has 3 fully saturated rings. The third-order valence-electron chi connectivity index (χ3n) is 8.88. The van der Waals surface area contributed by atoms with Crippen LogP contribution in [0.5, 0.6) is 0 Å². The van der Waals surface area contributed by atoms with Crippen LogP contribution < -0.4 is 10.2 Å². The number of esters is 1. The number of para-hydroxylation sites is 1. The van der Waals surface area contributed by atoms with E-state index in [4.69, 9.17) is 9.47 Å². The number of nitrogens with zero attached hydrogens (tertiary/aromatic N) is 2. The van der Waals surface area contributed by atoms with E-state index in [-0.39, 0.29) is 44.0 Å². The molecule has 4 rings (SSSR count). The number of hydrogen-bond acceptors (Lipinski definition) is 7. The average Bonchev–Trinajstić information content (AvgIpc) is 3.61. The van der Waals surface area contributed by atoms with Gasteiger partial charge in [-0.2, -0.15) is 0 Å². The molecule has 0 radical (unpaired) electrons. The highest BCUT2D eigenvalue weighted by Gasteiger charge is 2.75. The standard InChI is InChI=1S/C33H45N3O7/c1-6-8-14-25(38)34-20-23(5)42-32(41)26-24-15-16-33(43-24)27(26)30(39)36(18-9-10-19-37)29(33)31(40)35(17-7-2)28-21(3)12-11-13-22(28)4/h6-7,11-13,23-24,26-27,29,37H,1-2,8-10,14-20H2,3-5H3,(H,34,38)/t23-,24+,26-,27-,29+,33-/m0/s1. The first-order valence-corrected chi connectivity index (χ1v) is 15.3. The summed E-state index contributed by atoms with van der Waals surface area (Å²) >= 11 is 0. The molecule has 10 heteroatoms. The first kappa shape index (κ1) is 32.4. The number of unbranched alkanes of at least 4 members (excludes halogenated alkanes) is 1. The van der Waals surface area contributed by atoms with E-state index in [1.165, 1.54) is 0 Å². The number of anilines is 1. The van der Waals surface area contributed by atoms with Crippen molar-refractivity contribution in [2.45, 2.75) is 83.1 Å². The SMILES string of the molecule is C=CCCC(=O)NC[C@H](C)OC(=O)[C@@H]1[C@H]2C(=O)N(CCCCO)[C@H](C(=O)N(CC=C)c3c(C)cccc3C)[C@]23CC[C@H]1O3.